The molecule has 2 aliphatic rings. The molecule has 6 heteroatoms. The van der Waals surface area contributed by atoms with Crippen LogP contribution in [0.15, 0.2) is 0 Å². The minimum Gasteiger partial charge on any atom is -0.375 e. The van der Waals surface area contributed by atoms with Crippen LogP contribution >= 0.6 is 11.8 Å². The summed E-state index contributed by atoms with van der Waals surface area (Å²) in [6, 6.07) is 0.497. The Balaban J connectivity index is 1.72. The summed E-state index contributed by atoms with van der Waals surface area (Å²) in [5.41, 5.74) is 0.109. The highest BCUT2D eigenvalue weighted by molar-refractivity contribution is 7.99. The van der Waals surface area contributed by atoms with E-state index in [1.807, 2.05) is 11.8 Å². The van der Waals surface area contributed by atoms with Crippen LogP contribution < -0.4 is 5.32 Å². The van der Waals surface area contributed by atoms with Crippen molar-refractivity contribution < 1.29 is 13.2 Å². The summed E-state index contributed by atoms with van der Waals surface area (Å²) in [5, 5.41) is 3.51. The van der Waals surface area contributed by atoms with E-state index in [1.54, 1.807) is 0 Å². The van der Waals surface area contributed by atoms with Crippen molar-refractivity contribution in [3.05, 3.63) is 0 Å². The van der Waals surface area contributed by atoms with Crippen LogP contribution in [0.1, 0.15) is 32.1 Å². The van der Waals surface area contributed by atoms with E-state index in [4.69, 9.17) is 4.74 Å². The van der Waals surface area contributed by atoms with Gasteiger partial charge in [0.25, 0.3) is 0 Å². The molecule has 2 heterocycles. The lowest BCUT2D eigenvalue weighted by Crippen LogP contribution is -2.49. The molecule has 112 valence electrons. The molecular weight excluding hydrogens is 282 g/mol. The normalized spacial score (nSPS) is 27.5. The predicted octanol–water partition coefficient (Wildman–Crippen LogP) is 1.46. The van der Waals surface area contributed by atoms with Gasteiger partial charge in [-0.25, -0.2) is 8.42 Å². The first-order chi connectivity index (χ1) is 8.99. The zero-order chi connectivity index (χ0) is 13.8. The number of nitrogens with one attached hydrogen (secondary N) is 1. The summed E-state index contributed by atoms with van der Waals surface area (Å²) >= 11 is 2.02. The van der Waals surface area contributed by atoms with E-state index in [2.05, 4.69) is 5.32 Å². The predicted molar refractivity (Wildman–Crippen MR) is 80.6 cm³/mol. The summed E-state index contributed by atoms with van der Waals surface area (Å²) in [6.45, 7) is 1.64. The lowest BCUT2D eigenvalue weighted by molar-refractivity contribution is -0.0930. The zero-order valence-corrected chi connectivity index (χ0v) is 13.3. The van der Waals surface area contributed by atoms with Crippen molar-refractivity contribution in [3.8, 4) is 0 Å². The van der Waals surface area contributed by atoms with E-state index >= 15 is 0 Å². The summed E-state index contributed by atoms with van der Waals surface area (Å²) in [5.74, 6) is 2.70. The van der Waals surface area contributed by atoms with E-state index in [1.165, 1.54) is 30.6 Å². The Bertz CT molecular complexity index is 372. The topological polar surface area (TPSA) is 55.4 Å². The first kappa shape index (κ1) is 15.6. The summed E-state index contributed by atoms with van der Waals surface area (Å²) in [6.07, 6.45) is 6.48. The number of hydrogen-bond acceptors (Lipinski definition) is 5. The van der Waals surface area contributed by atoms with Gasteiger partial charge in [0.1, 0.15) is 9.84 Å². The van der Waals surface area contributed by atoms with E-state index in [-0.39, 0.29) is 11.4 Å². The zero-order valence-electron chi connectivity index (χ0n) is 11.7. The molecule has 4 nitrogen and oxygen atoms in total. The minimum atomic E-state index is -2.82. The van der Waals surface area contributed by atoms with Gasteiger partial charge in [-0.1, -0.05) is 0 Å². The third-order valence-electron chi connectivity index (χ3n) is 4.02. The van der Waals surface area contributed by atoms with Crippen molar-refractivity contribution >= 4 is 21.6 Å². The van der Waals surface area contributed by atoms with E-state index in [9.17, 15) is 8.42 Å². The monoisotopic (exact) mass is 307 g/mol. The van der Waals surface area contributed by atoms with Gasteiger partial charge < -0.3 is 10.1 Å². The van der Waals surface area contributed by atoms with Crippen molar-refractivity contribution in [3.63, 3.8) is 0 Å². The Kier molecular flexibility index (Phi) is 5.57. The van der Waals surface area contributed by atoms with Gasteiger partial charge in [0, 0.05) is 18.9 Å². The number of hydrogen-bond donors (Lipinski definition) is 1. The van der Waals surface area contributed by atoms with Crippen LogP contribution in [0, 0.1) is 0 Å². The maximum Gasteiger partial charge on any atom is 0.147 e. The number of rotatable bonds is 5. The molecule has 0 aromatic rings. The Hall–Kier alpha value is 0.220. The maximum atomic E-state index is 11.1. The first-order valence-corrected chi connectivity index (χ1v) is 10.3. The van der Waals surface area contributed by atoms with Crippen LogP contribution in [0.25, 0.3) is 0 Å². The molecule has 0 amide bonds. The number of sulfone groups is 1. The molecule has 1 N–H and O–H groups in total. The Morgan fingerprint density at radius 2 is 2.11 bits per heavy atom. The Labute approximate surface area is 121 Å². The van der Waals surface area contributed by atoms with Crippen LogP contribution in [-0.4, -0.2) is 56.7 Å². The molecule has 0 bridgehead atoms. The van der Waals surface area contributed by atoms with Crippen LogP contribution in [0.3, 0.4) is 0 Å². The average Bonchev–Trinajstić information content (AvgIpc) is 2.35. The second kappa shape index (κ2) is 6.78. The summed E-state index contributed by atoms with van der Waals surface area (Å²) in [7, 11) is -2.82. The van der Waals surface area contributed by atoms with Crippen LogP contribution in [0.5, 0.6) is 0 Å². The SMILES string of the molecule is CS(=O)(=O)CCCNC1CCOC2(CCSCC2)C1. The molecule has 2 fully saturated rings. The van der Waals surface area contributed by atoms with Crippen molar-refractivity contribution in [1.82, 2.24) is 5.32 Å². The maximum absolute atomic E-state index is 11.1. The fraction of sp³-hybridized carbons (Fsp3) is 1.00. The quantitative estimate of drug-likeness (QED) is 0.779. The molecule has 0 aliphatic carbocycles. The molecule has 19 heavy (non-hydrogen) atoms. The molecule has 2 aliphatic heterocycles. The molecule has 2 rings (SSSR count). The molecule has 0 saturated carbocycles. The van der Waals surface area contributed by atoms with Gasteiger partial charge in [-0.05, 0) is 50.2 Å². The Morgan fingerprint density at radius 1 is 1.37 bits per heavy atom. The molecule has 1 unspecified atom stereocenters. The van der Waals surface area contributed by atoms with Gasteiger partial charge in [0.2, 0.25) is 0 Å². The lowest BCUT2D eigenvalue weighted by Gasteiger charge is -2.43. The van der Waals surface area contributed by atoms with Crippen LogP contribution in [0.4, 0.5) is 0 Å². The second-order valence-corrected chi connectivity index (χ2v) is 9.26. The smallest absolute Gasteiger partial charge is 0.147 e. The molecule has 0 aromatic carbocycles. The van der Waals surface area contributed by atoms with Gasteiger partial charge in [0.15, 0.2) is 0 Å². The third-order valence-corrected chi connectivity index (χ3v) is 6.04. The molecule has 0 radical (unpaired) electrons. The van der Waals surface area contributed by atoms with Crippen molar-refractivity contribution in [1.29, 1.82) is 0 Å². The first-order valence-electron chi connectivity index (χ1n) is 7.12. The molecule has 2 saturated heterocycles. The molecule has 1 spiro atoms. The molecule has 0 aromatic heterocycles. The highest BCUT2D eigenvalue weighted by atomic mass is 32.2. The summed E-state index contributed by atoms with van der Waals surface area (Å²) < 4.78 is 28.2. The highest BCUT2D eigenvalue weighted by Crippen LogP contribution is 2.37. The summed E-state index contributed by atoms with van der Waals surface area (Å²) in [4.78, 5) is 0. The second-order valence-electron chi connectivity index (χ2n) is 5.77. The number of thioether (sulfide) groups is 1. The van der Waals surface area contributed by atoms with Gasteiger partial charge in [-0.15, -0.1) is 0 Å². The van der Waals surface area contributed by atoms with Crippen LogP contribution in [0.2, 0.25) is 0 Å². The van der Waals surface area contributed by atoms with Gasteiger partial charge in [-0.3, -0.25) is 0 Å². The Morgan fingerprint density at radius 3 is 2.79 bits per heavy atom. The van der Waals surface area contributed by atoms with E-state index < -0.39 is 9.84 Å². The van der Waals surface area contributed by atoms with Crippen LogP contribution in [-0.2, 0) is 14.6 Å². The molecule has 1 atom stereocenters. The standard InChI is InChI=1S/C13H25NO3S2/c1-19(15,16)10-2-6-14-12-3-7-17-13(11-12)4-8-18-9-5-13/h12,14H,2-11H2,1H3. The minimum absolute atomic E-state index is 0.109. The molecular formula is C13H25NO3S2. The fourth-order valence-electron chi connectivity index (χ4n) is 2.93. The third kappa shape index (κ3) is 5.25. The van der Waals surface area contributed by atoms with Gasteiger partial charge >= 0.3 is 0 Å². The largest absolute Gasteiger partial charge is 0.375 e. The lowest BCUT2D eigenvalue weighted by atomic mass is 9.85. The van der Waals surface area contributed by atoms with Gasteiger partial charge in [-0.2, -0.15) is 11.8 Å². The van der Waals surface area contributed by atoms with Crippen molar-refractivity contribution in [2.75, 3.05) is 36.7 Å². The highest BCUT2D eigenvalue weighted by Gasteiger charge is 2.38. The average molecular weight is 307 g/mol. The van der Waals surface area contributed by atoms with E-state index in [0.717, 1.165) is 26.0 Å². The van der Waals surface area contributed by atoms with Crippen molar-refractivity contribution in [2.45, 2.75) is 43.7 Å². The fourth-order valence-corrected chi connectivity index (χ4v) is 4.84. The van der Waals surface area contributed by atoms with Gasteiger partial charge in [0.05, 0.1) is 11.4 Å². The van der Waals surface area contributed by atoms with E-state index in [0.29, 0.717) is 12.5 Å². The number of ether oxygens (including phenoxy) is 1. The van der Waals surface area contributed by atoms with Crippen molar-refractivity contribution in [2.24, 2.45) is 0 Å².